The van der Waals surface area contributed by atoms with Gasteiger partial charge in [-0.05, 0) is 31.1 Å². The van der Waals surface area contributed by atoms with Crippen molar-refractivity contribution in [3.8, 4) is 0 Å². The van der Waals surface area contributed by atoms with Gasteiger partial charge in [-0.15, -0.1) is 0 Å². The molecular formula is C17H20N4O2. The summed E-state index contributed by atoms with van der Waals surface area (Å²) in [6, 6.07) is 1.47. The lowest BCUT2D eigenvalue weighted by atomic mass is 9.85. The minimum atomic E-state index is -1.05. The molecule has 1 aliphatic rings. The molecule has 0 atom stereocenters. The highest BCUT2D eigenvalue weighted by Gasteiger charge is 2.20. The van der Waals surface area contributed by atoms with Crippen molar-refractivity contribution in [3.05, 3.63) is 41.2 Å². The fourth-order valence-corrected chi connectivity index (χ4v) is 3.10. The molecule has 2 heterocycles. The van der Waals surface area contributed by atoms with Crippen molar-refractivity contribution in [2.75, 3.05) is 0 Å². The Labute approximate surface area is 134 Å². The molecule has 1 fully saturated rings. The molecule has 0 bridgehead atoms. The zero-order valence-corrected chi connectivity index (χ0v) is 13.1. The van der Waals surface area contributed by atoms with Crippen LogP contribution < -0.4 is 0 Å². The number of rotatable bonds is 4. The van der Waals surface area contributed by atoms with Gasteiger partial charge in [-0.3, -0.25) is 4.68 Å². The Hall–Kier alpha value is -2.50. The molecule has 6 nitrogen and oxygen atoms in total. The van der Waals surface area contributed by atoms with E-state index in [0.29, 0.717) is 11.6 Å². The van der Waals surface area contributed by atoms with Crippen molar-refractivity contribution in [1.29, 1.82) is 0 Å². The van der Waals surface area contributed by atoms with Crippen LogP contribution in [0.25, 0.3) is 12.2 Å². The maximum Gasteiger partial charge on any atom is 0.354 e. The van der Waals surface area contributed by atoms with E-state index in [1.165, 1.54) is 44.5 Å². The number of aryl methyl sites for hydroxylation is 1. The second-order valence-corrected chi connectivity index (χ2v) is 5.94. The minimum absolute atomic E-state index is 0.00154. The lowest BCUT2D eigenvalue weighted by molar-refractivity contribution is 0.0690. The van der Waals surface area contributed by atoms with Crippen molar-refractivity contribution >= 4 is 18.1 Å². The van der Waals surface area contributed by atoms with Crippen molar-refractivity contribution in [3.63, 3.8) is 0 Å². The highest BCUT2D eigenvalue weighted by atomic mass is 16.4. The van der Waals surface area contributed by atoms with Gasteiger partial charge in [0.1, 0.15) is 6.33 Å². The average Bonchev–Trinajstić information content (AvgIpc) is 2.95. The zero-order chi connectivity index (χ0) is 16.2. The molecular weight excluding hydrogens is 292 g/mol. The van der Waals surface area contributed by atoms with Gasteiger partial charge in [-0.25, -0.2) is 14.8 Å². The second kappa shape index (κ2) is 6.73. The molecule has 23 heavy (non-hydrogen) atoms. The number of carboxylic acid groups (broad SMARTS) is 1. The van der Waals surface area contributed by atoms with E-state index in [1.54, 1.807) is 0 Å². The molecule has 3 rings (SSSR count). The number of nitrogens with zero attached hydrogens (tertiary/aromatic N) is 4. The summed E-state index contributed by atoms with van der Waals surface area (Å²) in [5.74, 6) is -0.532. The van der Waals surface area contributed by atoms with Gasteiger partial charge in [0.05, 0.1) is 11.4 Å². The molecule has 0 saturated heterocycles. The number of hydrogen-bond acceptors (Lipinski definition) is 4. The lowest BCUT2D eigenvalue weighted by Crippen LogP contribution is -2.06. The average molecular weight is 312 g/mol. The van der Waals surface area contributed by atoms with Gasteiger partial charge in [0.25, 0.3) is 0 Å². The summed E-state index contributed by atoms with van der Waals surface area (Å²) in [4.78, 5) is 18.8. The molecule has 0 amide bonds. The molecule has 2 aromatic heterocycles. The smallest absolute Gasteiger partial charge is 0.354 e. The van der Waals surface area contributed by atoms with E-state index in [4.69, 9.17) is 5.11 Å². The van der Waals surface area contributed by atoms with Gasteiger partial charge in [-0.2, -0.15) is 5.10 Å². The Balaban J connectivity index is 1.84. The van der Waals surface area contributed by atoms with Gasteiger partial charge in [0.2, 0.25) is 0 Å². The van der Waals surface area contributed by atoms with Crippen LogP contribution in [0.1, 0.15) is 65.5 Å². The van der Waals surface area contributed by atoms with Crippen LogP contribution in [0.2, 0.25) is 0 Å². The first kappa shape index (κ1) is 15.4. The molecule has 2 aromatic rings. The molecule has 120 valence electrons. The topological polar surface area (TPSA) is 80.9 Å². The zero-order valence-electron chi connectivity index (χ0n) is 13.1. The van der Waals surface area contributed by atoms with E-state index in [2.05, 4.69) is 15.1 Å². The second-order valence-electron chi connectivity index (χ2n) is 5.94. The van der Waals surface area contributed by atoms with E-state index in [1.807, 2.05) is 30.1 Å². The van der Waals surface area contributed by atoms with Crippen LogP contribution in [-0.4, -0.2) is 30.8 Å². The Morgan fingerprint density at radius 1 is 1.26 bits per heavy atom. The summed E-state index contributed by atoms with van der Waals surface area (Å²) in [7, 11) is 1.93. The number of hydrogen-bond donors (Lipinski definition) is 1. The minimum Gasteiger partial charge on any atom is -0.477 e. The molecule has 0 spiro atoms. The fraction of sp³-hybridized carbons (Fsp3) is 0.412. The van der Waals surface area contributed by atoms with Gasteiger partial charge >= 0.3 is 5.97 Å². The third-order valence-electron chi connectivity index (χ3n) is 4.22. The SMILES string of the molecule is Cn1cc(C=Cc2cc(C(=O)O)ncn2)c(C2CCCCC2)n1. The van der Waals surface area contributed by atoms with Crippen LogP contribution in [0.4, 0.5) is 0 Å². The van der Waals surface area contributed by atoms with Crippen molar-refractivity contribution in [2.45, 2.75) is 38.0 Å². The van der Waals surface area contributed by atoms with Crippen LogP contribution in [0, 0.1) is 0 Å². The van der Waals surface area contributed by atoms with E-state index < -0.39 is 5.97 Å². The molecule has 0 radical (unpaired) electrons. The number of aromatic carboxylic acids is 1. The number of carboxylic acids is 1. The van der Waals surface area contributed by atoms with E-state index in [9.17, 15) is 4.79 Å². The predicted octanol–water partition coefficient (Wildman–Crippen LogP) is 3.13. The van der Waals surface area contributed by atoms with Gasteiger partial charge < -0.3 is 5.11 Å². The predicted molar refractivity (Wildman–Crippen MR) is 87.0 cm³/mol. The van der Waals surface area contributed by atoms with Crippen molar-refractivity contribution in [1.82, 2.24) is 19.7 Å². The van der Waals surface area contributed by atoms with Gasteiger partial charge in [0.15, 0.2) is 5.69 Å². The van der Waals surface area contributed by atoms with Crippen LogP contribution in [-0.2, 0) is 7.05 Å². The summed E-state index contributed by atoms with van der Waals surface area (Å²) >= 11 is 0. The van der Waals surface area contributed by atoms with Crippen LogP contribution in [0.15, 0.2) is 18.6 Å². The molecule has 1 N–H and O–H groups in total. The maximum atomic E-state index is 11.0. The van der Waals surface area contributed by atoms with E-state index >= 15 is 0 Å². The maximum absolute atomic E-state index is 11.0. The standard InChI is InChI=1S/C17H20N4O2/c1-21-10-13(16(20-21)12-5-3-2-4-6-12)7-8-14-9-15(17(22)23)19-11-18-14/h7-12H,2-6H2,1H3,(H,22,23). The van der Waals surface area contributed by atoms with Crippen LogP contribution in [0.3, 0.4) is 0 Å². The summed E-state index contributed by atoms with van der Waals surface area (Å²) < 4.78 is 1.84. The van der Waals surface area contributed by atoms with Crippen molar-refractivity contribution < 1.29 is 9.90 Å². The molecule has 0 aliphatic heterocycles. The number of aromatic nitrogens is 4. The molecule has 1 saturated carbocycles. The van der Waals surface area contributed by atoms with Gasteiger partial charge in [0, 0.05) is 24.7 Å². The summed E-state index contributed by atoms with van der Waals surface area (Å²) in [5, 5.41) is 13.6. The third-order valence-corrected chi connectivity index (χ3v) is 4.22. The molecule has 0 aromatic carbocycles. The first-order valence-electron chi connectivity index (χ1n) is 7.90. The normalized spacial score (nSPS) is 16.0. The van der Waals surface area contributed by atoms with Crippen LogP contribution >= 0.6 is 0 Å². The highest BCUT2D eigenvalue weighted by Crippen LogP contribution is 2.33. The third kappa shape index (κ3) is 3.64. The number of carbonyl (C=O) groups is 1. The molecule has 0 unspecified atom stereocenters. The van der Waals surface area contributed by atoms with Crippen LogP contribution in [0.5, 0.6) is 0 Å². The Morgan fingerprint density at radius 3 is 2.78 bits per heavy atom. The fourth-order valence-electron chi connectivity index (χ4n) is 3.10. The van der Waals surface area contributed by atoms with E-state index in [-0.39, 0.29) is 5.69 Å². The molecule has 6 heteroatoms. The van der Waals surface area contributed by atoms with E-state index in [0.717, 1.165) is 11.3 Å². The first-order chi connectivity index (χ1) is 11.1. The first-order valence-corrected chi connectivity index (χ1v) is 7.90. The summed E-state index contributed by atoms with van der Waals surface area (Å²) in [5.41, 5.74) is 2.79. The summed E-state index contributed by atoms with van der Waals surface area (Å²) in [6.45, 7) is 0. The Morgan fingerprint density at radius 2 is 2.04 bits per heavy atom. The highest BCUT2D eigenvalue weighted by molar-refractivity contribution is 5.86. The van der Waals surface area contributed by atoms with Crippen molar-refractivity contribution in [2.24, 2.45) is 7.05 Å². The van der Waals surface area contributed by atoms with Gasteiger partial charge in [-0.1, -0.05) is 19.3 Å². The largest absolute Gasteiger partial charge is 0.477 e. The quantitative estimate of drug-likeness (QED) is 0.938. The Kier molecular flexibility index (Phi) is 4.50. The lowest BCUT2D eigenvalue weighted by Gasteiger charge is -2.20. The Bertz CT molecular complexity index is 730. The monoisotopic (exact) mass is 312 g/mol. The summed E-state index contributed by atoms with van der Waals surface area (Å²) in [6.07, 6.45) is 13.3. The molecule has 1 aliphatic carbocycles.